The van der Waals surface area contributed by atoms with Gasteiger partial charge in [-0.05, 0) is 48.7 Å². The molecule has 0 radical (unpaired) electrons. The number of hydrogen-bond donors (Lipinski definition) is 2. The number of hydrogen-bond acceptors (Lipinski definition) is 7. The van der Waals surface area contributed by atoms with Gasteiger partial charge in [0.15, 0.2) is 17.2 Å². The molecule has 1 aliphatic heterocycles. The van der Waals surface area contributed by atoms with Gasteiger partial charge in [0.05, 0.1) is 11.3 Å². The van der Waals surface area contributed by atoms with Crippen LogP contribution in [-0.4, -0.2) is 37.3 Å². The number of nitrogens with two attached hydrogens (primary N) is 1. The van der Waals surface area contributed by atoms with E-state index >= 15 is 0 Å². The predicted octanol–water partition coefficient (Wildman–Crippen LogP) is 1.95. The third-order valence-corrected chi connectivity index (χ3v) is 4.39. The summed E-state index contributed by atoms with van der Waals surface area (Å²) in [6.45, 7) is 1.91. The van der Waals surface area contributed by atoms with Gasteiger partial charge in [0.1, 0.15) is 6.61 Å². The van der Waals surface area contributed by atoms with Gasteiger partial charge in [-0.15, -0.1) is 0 Å². The Hall–Kier alpha value is -3.33. The standard InChI is InChI=1S/C20H23N3O6/c21-20(24)12-15-4-5-17(16(10-15)23(25)26)27-9-8-22-7-1-2-14-3-6-18-19(11-14)29-13-28-18/h3-6,10-11,22H,1-2,7-9,12-13H2,(H2,21,24). The van der Waals surface area contributed by atoms with Crippen LogP contribution in [0.3, 0.4) is 0 Å². The van der Waals surface area contributed by atoms with Crippen molar-refractivity contribution in [3.05, 3.63) is 57.6 Å². The molecular formula is C20H23N3O6. The molecule has 154 valence electrons. The van der Waals surface area contributed by atoms with Crippen LogP contribution in [0.15, 0.2) is 36.4 Å². The first-order valence-corrected chi connectivity index (χ1v) is 9.30. The molecule has 3 rings (SSSR count). The van der Waals surface area contributed by atoms with Crippen molar-refractivity contribution in [2.45, 2.75) is 19.3 Å². The van der Waals surface area contributed by atoms with Crippen LogP contribution in [0.1, 0.15) is 17.5 Å². The number of fused-ring (bicyclic) bond motifs is 1. The highest BCUT2D eigenvalue weighted by atomic mass is 16.7. The molecule has 0 bridgehead atoms. The zero-order valence-electron chi connectivity index (χ0n) is 15.9. The first-order chi connectivity index (χ1) is 14.0. The fourth-order valence-corrected chi connectivity index (χ4v) is 3.01. The number of nitrogens with zero attached hydrogens (tertiary/aromatic N) is 1. The lowest BCUT2D eigenvalue weighted by Gasteiger charge is -2.09. The molecule has 0 spiro atoms. The predicted molar refractivity (Wildman–Crippen MR) is 105 cm³/mol. The topological polar surface area (TPSA) is 126 Å². The lowest BCUT2D eigenvalue weighted by atomic mass is 10.1. The van der Waals surface area contributed by atoms with Gasteiger partial charge in [0.2, 0.25) is 12.7 Å². The minimum Gasteiger partial charge on any atom is -0.485 e. The highest BCUT2D eigenvalue weighted by molar-refractivity contribution is 5.77. The number of amides is 1. The molecule has 9 nitrogen and oxygen atoms in total. The summed E-state index contributed by atoms with van der Waals surface area (Å²) >= 11 is 0. The van der Waals surface area contributed by atoms with Crippen molar-refractivity contribution in [2.24, 2.45) is 5.73 Å². The van der Waals surface area contributed by atoms with Gasteiger partial charge in [0, 0.05) is 12.6 Å². The Labute approximate surface area is 167 Å². The van der Waals surface area contributed by atoms with E-state index in [1.54, 1.807) is 6.07 Å². The Morgan fingerprint density at radius 3 is 2.72 bits per heavy atom. The largest absolute Gasteiger partial charge is 0.485 e. The van der Waals surface area contributed by atoms with E-state index < -0.39 is 10.8 Å². The van der Waals surface area contributed by atoms with Crippen molar-refractivity contribution < 1.29 is 23.9 Å². The highest BCUT2D eigenvalue weighted by Gasteiger charge is 2.17. The lowest BCUT2D eigenvalue weighted by Crippen LogP contribution is -2.22. The molecule has 2 aromatic rings. The molecule has 0 saturated heterocycles. The Bertz CT molecular complexity index is 887. The van der Waals surface area contributed by atoms with E-state index in [4.69, 9.17) is 19.9 Å². The maximum atomic E-state index is 11.2. The summed E-state index contributed by atoms with van der Waals surface area (Å²) in [5.41, 5.74) is 6.62. The van der Waals surface area contributed by atoms with Crippen LogP contribution in [0.4, 0.5) is 5.69 Å². The second-order valence-electron chi connectivity index (χ2n) is 6.59. The van der Waals surface area contributed by atoms with Gasteiger partial charge in [-0.1, -0.05) is 12.1 Å². The maximum absolute atomic E-state index is 11.2. The van der Waals surface area contributed by atoms with Gasteiger partial charge in [-0.25, -0.2) is 0 Å². The molecule has 0 atom stereocenters. The Morgan fingerprint density at radius 2 is 1.93 bits per heavy atom. The first-order valence-electron chi connectivity index (χ1n) is 9.30. The number of benzene rings is 2. The molecule has 0 saturated carbocycles. The lowest BCUT2D eigenvalue weighted by molar-refractivity contribution is -0.385. The monoisotopic (exact) mass is 401 g/mol. The number of rotatable bonds is 11. The van der Waals surface area contributed by atoms with Gasteiger partial charge in [-0.2, -0.15) is 0 Å². The summed E-state index contributed by atoms with van der Waals surface area (Å²) in [4.78, 5) is 21.7. The zero-order chi connectivity index (χ0) is 20.6. The van der Waals surface area contributed by atoms with Gasteiger partial charge < -0.3 is 25.3 Å². The fraction of sp³-hybridized carbons (Fsp3) is 0.350. The van der Waals surface area contributed by atoms with Crippen molar-refractivity contribution in [1.29, 1.82) is 0 Å². The Kier molecular flexibility index (Phi) is 6.85. The number of nitro groups is 1. The van der Waals surface area contributed by atoms with E-state index in [-0.39, 0.29) is 24.7 Å². The quantitative estimate of drug-likeness (QED) is 0.335. The van der Waals surface area contributed by atoms with Crippen LogP contribution in [0.2, 0.25) is 0 Å². The molecule has 2 aromatic carbocycles. The number of nitro benzene ring substituents is 1. The smallest absolute Gasteiger partial charge is 0.311 e. The first kappa shape index (κ1) is 20.4. The maximum Gasteiger partial charge on any atom is 0.311 e. The number of primary amides is 1. The van der Waals surface area contributed by atoms with Gasteiger partial charge in [0.25, 0.3) is 0 Å². The molecule has 1 amide bonds. The number of carbonyl (C=O) groups excluding carboxylic acids is 1. The molecule has 0 unspecified atom stereocenters. The normalized spacial score (nSPS) is 12.0. The zero-order valence-corrected chi connectivity index (χ0v) is 15.9. The molecule has 0 fully saturated rings. The fourth-order valence-electron chi connectivity index (χ4n) is 3.01. The highest BCUT2D eigenvalue weighted by Crippen LogP contribution is 2.32. The third kappa shape index (κ3) is 5.82. The summed E-state index contributed by atoms with van der Waals surface area (Å²) in [5.74, 6) is 1.19. The second-order valence-corrected chi connectivity index (χ2v) is 6.59. The third-order valence-electron chi connectivity index (χ3n) is 4.39. The molecule has 29 heavy (non-hydrogen) atoms. The van der Waals surface area contributed by atoms with E-state index in [1.807, 2.05) is 18.2 Å². The van der Waals surface area contributed by atoms with Crippen LogP contribution in [0, 0.1) is 10.1 Å². The molecule has 1 heterocycles. The van der Waals surface area contributed by atoms with E-state index in [0.29, 0.717) is 18.7 Å². The Balaban J connectivity index is 1.38. The van der Waals surface area contributed by atoms with Gasteiger partial charge in [-0.3, -0.25) is 14.9 Å². The molecule has 0 aliphatic carbocycles. The van der Waals surface area contributed by atoms with Crippen molar-refractivity contribution in [3.8, 4) is 17.2 Å². The minimum atomic E-state index is -0.544. The van der Waals surface area contributed by atoms with Crippen molar-refractivity contribution in [3.63, 3.8) is 0 Å². The van der Waals surface area contributed by atoms with E-state index in [0.717, 1.165) is 30.9 Å². The summed E-state index contributed by atoms with van der Waals surface area (Å²) in [6, 6.07) is 10.4. The van der Waals surface area contributed by atoms with Crippen molar-refractivity contribution in [2.75, 3.05) is 26.5 Å². The summed E-state index contributed by atoms with van der Waals surface area (Å²) < 4.78 is 16.2. The summed E-state index contributed by atoms with van der Waals surface area (Å²) in [5, 5.41) is 14.5. The second kappa shape index (κ2) is 9.74. The van der Waals surface area contributed by atoms with Gasteiger partial charge >= 0.3 is 5.69 Å². The molecule has 9 heteroatoms. The Morgan fingerprint density at radius 1 is 1.14 bits per heavy atom. The van der Waals surface area contributed by atoms with Crippen LogP contribution in [0.5, 0.6) is 17.2 Å². The SMILES string of the molecule is NC(=O)Cc1ccc(OCCNCCCc2ccc3c(c2)OCO3)c([N+](=O)[O-])c1. The van der Waals surface area contributed by atoms with Crippen molar-refractivity contribution >= 4 is 11.6 Å². The van der Waals surface area contributed by atoms with Crippen LogP contribution < -0.4 is 25.3 Å². The summed E-state index contributed by atoms with van der Waals surface area (Å²) in [7, 11) is 0. The van der Waals surface area contributed by atoms with Crippen LogP contribution in [0.25, 0.3) is 0 Å². The average molecular weight is 401 g/mol. The van der Waals surface area contributed by atoms with Crippen LogP contribution >= 0.6 is 0 Å². The number of aryl methyl sites for hydroxylation is 1. The summed E-state index contributed by atoms with van der Waals surface area (Å²) in [6.07, 6.45) is 1.78. The minimum absolute atomic E-state index is 0.0496. The number of nitrogens with one attached hydrogen (secondary N) is 1. The molecule has 1 aliphatic rings. The van der Waals surface area contributed by atoms with E-state index in [2.05, 4.69) is 5.32 Å². The van der Waals surface area contributed by atoms with E-state index in [9.17, 15) is 14.9 Å². The number of carbonyl (C=O) groups is 1. The molecule has 0 aromatic heterocycles. The van der Waals surface area contributed by atoms with E-state index in [1.165, 1.54) is 17.7 Å². The van der Waals surface area contributed by atoms with Crippen LogP contribution in [-0.2, 0) is 17.6 Å². The molecule has 3 N–H and O–H groups in total. The number of ether oxygens (including phenoxy) is 3. The average Bonchev–Trinajstić information content (AvgIpc) is 3.15. The molecular weight excluding hydrogens is 378 g/mol. The van der Waals surface area contributed by atoms with Crippen molar-refractivity contribution in [1.82, 2.24) is 5.32 Å².